The predicted molar refractivity (Wildman–Crippen MR) is 139 cm³/mol. The number of benzene rings is 4. The molecule has 0 N–H and O–H groups in total. The second-order valence-corrected chi connectivity index (χ2v) is 7.92. The molecule has 37 heavy (non-hydrogen) atoms. The van der Waals surface area contributed by atoms with Crippen molar-refractivity contribution in [2.45, 2.75) is 0 Å². The van der Waals surface area contributed by atoms with Gasteiger partial charge < -0.3 is 8.83 Å². The lowest BCUT2D eigenvalue weighted by molar-refractivity contribution is 0.581. The molecule has 0 spiro atoms. The normalized spacial score (nSPS) is 11.4. The minimum atomic E-state index is -0.618. The number of para-hydroxylation sites is 4. The van der Waals surface area contributed by atoms with Crippen molar-refractivity contribution in [1.29, 1.82) is 0 Å². The van der Waals surface area contributed by atoms with Gasteiger partial charge in [0.25, 0.3) is 0 Å². The number of aromatic nitrogens is 2. The van der Waals surface area contributed by atoms with E-state index in [1.165, 1.54) is 30.3 Å². The van der Waals surface area contributed by atoms with E-state index in [4.69, 9.17) is 8.83 Å². The van der Waals surface area contributed by atoms with E-state index < -0.39 is 11.6 Å². The van der Waals surface area contributed by atoms with Crippen LogP contribution in [0.5, 0.6) is 0 Å². The molecule has 0 unspecified atom stereocenters. The van der Waals surface area contributed by atoms with E-state index in [9.17, 15) is 13.2 Å². The maximum absolute atomic E-state index is 13.4. The summed E-state index contributed by atoms with van der Waals surface area (Å²) in [5.74, 6) is -0.539. The molecule has 0 saturated carbocycles. The largest absolute Gasteiger partial charge is 0.437 e. The van der Waals surface area contributed by atoms with Gasteiger partial charge in [-0.3, -0.25) is 0 Å². The Labute approximate surface area is 210 Å². The quantitative estimate of drug-likeness (QED) is 0.246. The van der Waals surface area contributed by atoms with Gasteiger partial charge in [-0.05, 0) is 66.2 Å². The number of rotatable bonds is 4. The van der Waals surface area contributed by atoms with Crippen molar-refractivity contribution in [3.05, 3.63) is 131 Å². The smallest absolute Gasteiger partial charge is 0.220 e. The van der Waals surface area contributed by atoms with Crippen molar-refractivity contribution >= 4 is 46.5 Å². The lowest BCUT2D eigenvalue weighted by Gasteiger charge is -1.95. The van der Waals surface area contributed by atoms with Crippen LogP contribution in [-0.4, -0.2) is 9.97 Å². The molecule has 2 aromatic heterocycles. The molecule has 0 fully saturated rings. The first-order valence-electron chi connectivity index (χ1n) is 11.3. The number of halogens is 3. The summed E-state index contributed by atoms with van der Waals surface area (Å²) in [7, 11) is 0. The molecule has 0 bridgehead atoms. The van der Waals surface area contributed by atoms with E-state index in [2.05, 4.69) is 9.97 Å². The van der Waals surface area contributed by atoms with Gasteiger partial charge in [-0.1, -0.05) is 36.4 Å². The van der Waals surface area contributed by atoms with Crippen LogP contribution in [0.1, 0.15) is 22.9 Å². The summed E-state index contributed by atoms with van der Waals surface area (Å²) in [6, 6.07) is 24.6. The average molecular weight is 496 g/mol. The summed E-state index contributed by atoms with van der Waals surface area (Å²) in [5.41, 5.74) is 4.18. The Kier molecular flexibility index (Phi) is 6.94. The lowest BCUT2D eigenvalue weighted by atomic mass is 10.2. The fourth-order valence-corrected chi connectivity index (χ4v) is 3.46. The maximum Gasteiger partial charge on any atom is 0.220 e. The summed E-state index contributed by atoms with van der Waals surface area (Å²) < 4.78 is 49.9. The lowest BCUT2D eigenvalue weighted by Crippen LogP contribution is -1.83. The zero-order valence-corrected chi connectivity index (χ0v) is 19.3. The molecule has 7 heteroatoms. The fourth-order valence-electron chi connectivity index (χ4n) is 3.46. The first-order chi connectivity index (χ1) is 18.0. The third kappa shape index (κ3) is 6.02. The molecule has 6 rings (SSSR count). The molecular weight excluding hydrogens is 477 g/mol. The van der Waals surface area contributed by atoms with Gasteiger partial charge in [0.1, 0.15) is 28.5 Å². The molecule has 0 aliphatic rings. The van der Waals surface area contributed by atoms with Gasteiger partial charge in [-0.25, -0.2) is 23.1 Å². The zero-order chi connectivity index (χ0) is 25.6. The van der Waals surface area contributed by atoms with E-state index in [1.54, 1.807) is 30.4 Å². The highest BCUT2D eigenvalue weighted by Crippen LogP contribution is 2.18. The molecule has 0 aliphatic heterocycles. The second-order valence-electron chi connectivity index (χ2n) is 7.92. The van der Waals surface area contributed by atoms with E-state index in [-0.39, 0.29) is 11.4 Å². The molecule has 4 aromatic carbocycles. The van der Waals surface area contributed by atoms with Crippen molar-refractivity contribution < 1.29 is 22.0 Å². The maximum atomic E-state index is 13.4. The Bertz CT molecular complexity index is 1650. The molecule has 0 radical (unpaired) electrons. The van der Waals surface area contributed by atoms with Gasteiger partial charge >= 0.3 is 0 Å². The van der Waals surface area contributed by atoms with Gasteiger partial charge in [0.15, 0.2) is 11.2 Å². The first kappa shape index (κ1) is 23.8. The van der Waals surface area contributed by atoms with Crippen LogP contribution in [0.3, 0.4) is 0 Å². The van der Waals surface area contributed by atoms with Crippen LogP contribution >= 0.6 is 0 Å². The number of hydrogen-bond donors (Lipinski definition) is 0. The molecule has 182 valence electrons. The van der Waals surface area contributed by atoms with E-state index in [0.29, 0.717) is 17.4 Å². The molecular formula is C30H19F3N2O2. The molecule has 0 aliphatic carbocycles. The van der Waals surface area contributed by atoms with E-state index in [0.717, 1.165) is 28.2 Å². The summed E-state index contributed by atoms with van der Waals surface area (Å²) >= 11 is 0. The summed E-state index contributed by atoms with van der Waals surface area (Å²) in [5, 5.41) is 0. The molecule has 0 atom stereocenters. The van der Waals surface area contributed by atoms with Crippen molar-refractivity contribution in [3.63, 3.8) is 0 Å². The second kappa shape index (κ2) is 10.8. The topological polar surface area (TPSA) is 52.1 Å². The molecule has 6 aromatic rings. The van der Waals surface area contributed by atoms with Crippen LogP contribution in [0.15, 0.2) is 99.8 Å². The van der Waals surface area contributed by atoms with Gasteiger partial charge in [0, 0.05) is 23.8 Å². The monoisotopic (exact) mass is 496 g/mol. The van der Waals surface area contributed by atoms with Crippen LogP contribution in [0.2, 0.25) is 0 Å². The number of fused-ring (bicyclic) bond motifs is 2. The first-order valence-corrected chi connectivity index (χ1v) is 11.3. The SMILES string of the molecule is Fc1ccc(C=Cc2nc3ccccc3o2)c(F)c1.Fc1ccc(C=Cc2nc3ccccc3o2)cc1. The third-order valence-corrected chi connectivity index (χ3v) is 5.28. The van der Waals surface area contributed by atoms with Crippen LogP contribution in [0.4, 0.5) is 13.2 Å². The Hall–Kier alpha value is -4.91. The number of nitrogens with zero attached hydrogens (tertiary/aromatic N) is 2. The van der Waals surface area contributed by atoms with Crippen molar-refractivity contribution in [3.8, 4) is 0 Å². The van der Waals surface area contributed by atoms with Crippen molar-refractivity contribution in [1.82, 2.24) is 9.97 Å². The average Bonchev–Trinajstić information content (AvgIpc) is 3.52. The summed E-state index contributed by atoms with van der Waals surface area (Å²) in [6.07, 6.45) is 6.66. The van der Waals surface area contributed by atoms with E-state index >= 15 is 0 Å². The van der Waals surface area contributed by atoms with Gasteiger partial charge in [0.2, 0.25) is 11.8 Å². The highest BCUT2D eigenvalue weighted by atomic mass is 19.1. The highest BCUT2D eigenvalue weighted by molar-refractivity contribution is 5.77. The van der Waals surface area contributed by atoms with Crippen molar-refractivity contribution in [2.24, 2.45) is 0 Å². The van der Waals surface area contributed by atoms with Gasteiger partial charge in [-0.2, -0.15) is 0 Å². The molecule has 0 amide bonds. The van der Waals surface area contributed by atoms with Crippen LogP contribution in [-0.2, 0) is 0 Å². The van der Waals surface area contributed by atoms with Gasteiger partial charge in [0.05, 0.1) is 0 Å². The summed E-state index contributed by atoms with van der Waals surface area (Å²) in [6.45, 7) is 0. The summed E-state index contributed by atoms with van der Waals surface area (Å²) in [4.78, 5) is 8.54. The Morgan fingerprint density at radius 2 is 1.08 bits per heavy atom. The van der Waals surface area contributed by atoms with Crippen LogP contribution < -0.4 is 0 Å². The predicted octanol–water partition coefficient (Wildman–Crippen LogP) is 8.41. The molecule has 2 heterocycles. The fraction of sp³-hybridized carbons (Fsp3) is 0. The molecule has 4 nitrogen and oxygen atoms in total. The zero-order valence-electron chi connectivity index (χ0n) is 19.3. The minimum Gasteiger partial charge on any atom is -0.437 e. The Balaban J connectivity index is 0.000000152. The van der Waals surface area contributed by atoms with Crippen molar-refractivity contribution in [2.75, 3.05) is 0 Å². The minimum absolute atomic E-state index is 0.242. The van der Waals surface area contributed by atoms with E-state index in [1.807, 2.05) is 48.5 Å². The number of oxazole rings is 2. The van der Waals surface area contributed by atoms with Gasteiger partial charge in [-0.15, -0.1) is 0 Å². The Morgan fingerprint density at radius 3 is 1.65 bits per heavy atom. The third-order valence-electron chi connectivity index (χ3n) is 5.28. The molecule has 0 saturated heterocycles. The number of hydrogen-bond acceptors (Lipinski definition) is 4. The van der Waals surface area contributed by atoms with Crippen LogP contribution in [0, 0.1) is 17.5 Å². The Morgan fingerprint density at radius 1 is 0.541 bits per heavy atom. The highest BCUT2D eigenvalue weighted by Gasteiger charge is 2.04. The van der Waals surface area contributed by atoms with Crippen LogP contribution in [0.25, 0.3) is 46.5 Å². The standard InChI is InChI=1S/C15H9F2NO.C15H10FNO/c16-11-7-5-10(12(17)9-11)6-8-15-18-13-3-1-2-4-14(13)19-15;16-12-8-5-11(6-9-12)7-10-15-17-13-3-1-2-4-14(13)18-15/h1-9H;1-10H.